The second-order valence-corrected chi connectivity index (χ2v) is 7.02. The summed E-state index contributed by atoms with van der Waals surface area (Å²) in [6, 6.07) is 0. The Morgan fingerprint density at radius 1 is 1.25 bits per heavy atom. The van der Waals surface area contributed by atoms with Crippen LogP contribution in [-0.4, -0.2) is 19.9 Å². The average molecular weight is 327 g/mol. The Labute approximate surface area is 139 Å². The van der Waals surface area contributed by atoms with Crippen molar-refractivity contribution in [1.82, 2.24) is 14.1 Å². The molecule has 0 aliphatic heterocycles. The minimum atomic E-state index is -0.399. The molecule has 2 aromatic heterocycles. The van der Waals surface area contributed by atoms with E-state index in [2.05, 4.69) is 11.6 Å². The van der Waals surface area contributed by atoms with Gasteiger partial charge < -0.3 is 0 Å². The van der Waals surface area contributed by atoms with Crippen LogP contribution in [0.15, 0.2) is 28.4 Å². The van der Waals surface area contributed by atoms with Crippen LogP contribution in [0.4, 0.5) is 0 Å². The van der Waals surface area contributed by atoms with Crippen molar-refractivity contribution in [1.29, 1.82) is 0 Å². The molecule has 0 fully saturated rings. The molecule has 6 heteroatoms. The first kappa shape index (κ1) is 16.4. The summed E-state index contributed by atoms with van der Waals surface area (Å²) >= 11 is 0. The number of allylic oxidation sites excluding steroid dienone is 1. The molecule has 0 bridgehead atoms. The highest BCUT2D eigenvalue weighted by molar-refractivity contribution is 6.02. The summed E-state index contributed by atoms with van der Waals surface area (Å²) < 4.78 is 2.64. The van der Waals surface area contributed by atoms with Crippen LogP contribution in [-0.2, 0) is 19.5 Å². The molecule has 24 heavy (non-hydrogen) atoms. The Morgan fingerprint density at radius 2 is 1.96 bits per heavy atom. The van der Waals surface area contributed by atoms with Crippen LogP contribution in [0.25, 0.3) is 11.0 Å². The molecule has 0 saturated carbocycles. The van der Waals surface area contributed by atoms with Crippen molar-refractivity contribution in [3.63, 3.8) is 0 Å². The predicted octanol–water partition coefficient (Wildman–Crippen LogP) is 1.92. The zero-order valence-electron chi connectivity index (χ0n) is 14.3. The van der Waals surface area contributed by atoms with Gasteiger partial charge in [-0.3, -0.25) is 18.7 Å². The maximum Gasteiger partial charge on any atom is 0.332 e. The van der Waals surface area contributed by atoms with Crippen LogP contribution in [0.3, 0.4) is 0 Å². The molecule has 3 rings (SSSR count). The first-order valence-electron chi connectivity index (χ1n) is 8.10. The molecule has 0 atom stereocenters. The minimum absolute atomic E-state index is 0.000399. The van der Waals surface area contributed by atoms with Gasteiger partial charge >= 0.3 is 5.69 Å². The summed E-state index contributed by atoms with van der Waals surface area (Å²) in [6.45, 7) is 10.0. The third-order valence-electron chi connectivity index (χ3n) is 4.57. The molecule has 0 unspecified atom stereocenters. The van der Waals surface area contributed by atoms with Crippen LogP contribution in [0.1, 0.15) is 43.1 Å². The molecule has 0 radical (unpaired) electrons. The number of ketones is 1. The molecule has 0 spiro atoms. The predicted molar refractivity (Wildman–Crippen MR) is 92.6 cm³/mol. The van der Waals surface area contributed by atoms with E-state index in [1.807, 2.05) is 20.8 Å². The highest BCUT2D eigenvalue weighted by Crippen LogP contribution is 2.36. The maximum atomic E-state index is 12.9. The van der Waals surface area contributed by atoms with Gasteiger partial charge in [0, 0.05) is 31.3 Å². The fourth-order valence-electron chi connectivity index (χ4n) is 3.50. The number of hydrogen-bond donors (Lipinski definition) is 0. The van der Waals surface area contributed by atoms with E-state index in [0.717, 1.165) is 4.57 Å². The Balaban J connectivity index is 2.51. The highest BCUT2D eigenvalue weighted by atomic mass is 16.2. The van der Waals surface area contributed by atoms with Crippen molar-refractivity contribution in [3.05, 3.63) is 50.8 Å². The fraction of sp³-hybridized carbons (Fsp3) is 0.444. The van der Waals surface area contributed by atoms with Crippen molar-refractivity contribution < 1.29 is 4.79 Å². The molecule has 1 aliphatic rings. The molecular formula is C18H21N3O3. The lowest BCUT2D eigenvalue weighted by atomic mass is 9.73. The SMILES string of the molecule is C=CCn1c(=O)c2c3c(cnc2n(CC)c1=O)C(=O)CC(C)(C)C3. The minimum Gasteiger partial charge on any atom is -0.294 e. The number of pyridine rings is 1. The molecule has 0 aromatic carbocycles. The molecule has 0 N–H and O–H groups in total. The van der Waals surface area contributed by atoms with Crippen molar-refractivity contribution in [2.24, 2.45) is 5.41 Å². The normalized spacial score (nSPS) is 16.2. The summed E-state index contributed by atoms with van der Waals surface area (Å²) in [5.74, 6) is -0.000399. The Morgan fingerprint density at radius 3 is 2.58 bits per heavy atom. The number of nitrogens with zero attached hydrogens (tertiary/aromatic N) is 3. The van der Waals surface area contributed by atoms with Gasteiger partial charge in [0.15, 0.2) is 5.78 Å². The highest BCUT2D eigenvalue weighted by Gasteiger charge is 2.33. The topological polar surface area (TPSA) is 74.0 Å². The van der Waals surface area contributed by atoms with E-state index in [1.165, 1.54) is 16.8 Å². The largest absolute Gasteiger partial charge is 0.332 e. The van der Waals surface area contributed by atoms with Crippen LogP contribution < -0.4 is 11.2 Å². The lowest BCUT2D eigenvalue weighted by Crippen LogP contribution is -2.41. The lowest BCUT2D eigenvalue weighted by Gasteiger charge is -2.30. The number of Topliss-reactive ketones (excluding diaryl/α,β-unsaturated/α-hetero) is 1. The van der Waals surface area contributed by atoms with Gasteiger partial charge in [-0.15, -0.1) is 6.58 Å². The smallest absolute Gasteiger partial charge is 0.294 e. The fourth-order valence-corrected chi connectivity index (χ4v) is 3.50. The van der Waals surface area contributed by atoms with Gasteiger partial charge in [-0.2, -0.15) is 0 Å². The van der Waals surface area contributed by atoms with Crippen molar-refractivity contribution in [2.45, 2.75) is 46.7 Å². The Hall–Kier alpha value is -2.50. The Kier molecular flexibility index (Phi) is 3.78. The summed E-state index contributed by atoms with van der Waals surface area (Å²) in [5, 5.41) is 0.386. The second-order valence-electron chi connectivity index (χ2n) is 7.02. The van der Waals surface area contributed by atoms with Crippen LogP contribution in [0.5, 0.6) is 0 Å². The third kappa shape index (κ3) is 2.33. The number of aryl methyl sites for hydroxylation is 1. The van der Waals surface area contributed by atoms with Crippen LogP contribution in [0.2, 0.25) is 0 Å². The number of aromatic nitrogens is 3. The lowest BCUT2D eigenvalue weighted by molar-refractivity contribution is 0.0912. The molecule has 2 aromatic rings. The molecule has 2 heterocycles. The van der Waals surface area contributed by atoms with E-state index in [0.29, 0.717) is 41.5 Å². The third-order valence-corrected chi connectivity index (χ3v) is 4.57. The summed E-state index contributed by atoms with van der Waals surface area (Å²) in [6.07, 6.45) is 4.07. The van der Waals surface area contributed by atoms with E-state index in [4.69, 9.17) is 0 Å². The van der Waals surface area contributed by atoms with Gasteiger partial charge in [0.2, 0.25) is 0 Å². The second kappa shape index (κ2) is 5.54. The summed E-state index contributed by atoms with van der Waals surface area (Å²) in [4.78, 5) is 42.2. The van der Waals surface area contributed by atoms with Gasteiger partial charge in [-0.05, 0) is 24.3 Å². The zero-order chi connectivity index (χ0) is 17.6. The van der Waals surface area contributed by atoms with E-state index < -0.39 is 11.2 Å². The number of carbonyl (C=O) groups excluding carboxylic acids is 1. The molecule has 0 amide bonds. The van der Waals surface area contributed by atoms with Crippen molar-refractivity contribution in [2.75, 3.05) is 0 Å². The first-order chi connectivity index (χ1) is 11.3. The summed E-state index contributed by atoms with van der Waals surface area (Å²) in [5.41, 5.74) is 0.563. The maximum absolute atomic E-state index is 12.9. The van der Waals surface area contributed by atoms with Gasteiger partial charge in [0.1, 0.15) is 5.65 Å². The van der Waals surface area contributed by atoms with Crippen LogP contribution >= 0.6 is 0 Å². The molecule has 126 valence electrons. The zero-order valence-corrected chi connectivity index (χ0v) is 14.3. The van der Waals surface area contributed by atoms with E-state index >= 15 is 0 Å². The van der Waals surface area contributed by atoms with Crippen LogP contribution in [0, 0.1) is 5.41 Å². The molecular weight excluding hydrogens is 306 g/mol. The molecule has 6 nitrogen and oxygen atoms in total. The Bertz CT molecular complexity index is 980. The summed E-state index contributed by atoms with van der Waals surface area (Å²) in [7, 11) is 0. The van der Waals surface area contributed by atoms with Gasteiger partial charge in [0.05, 0.1) is 5.39 Å². The van der Waals surface area contributed by atoms with Crippen molar-refractivity contribution >= 4 is 16.8 Å². The van der Waals surface area contributed by atoms with Crippen molar-refractivity contribution in [3.8, 4) is 0 Å². The number of carbonyl (C=O) groups is 1. The van der Waals surface area contributed by atoms with E-state index in [-0.39, 0.29) is 17.7 Å². The average Bonchev–Trinajstić information content (AvgIpc) is 2.50. The monoisotopic (exact) mass is 327 g/mol. The van der Waals surface area contributed by atoms with Gasteiger partial charge in [-0.1, -0.05) is 19.9 Å². The van der Waals surface area contributed by atoms with E-state index in [1.54, 1.807) is 0 Å². The first-order valence-corrected chi connectivity index (χ1v) is 8.10. The number of fused-ring (bicyclic) bond motifs is 3. The molecule has 1 aliphatic carbocycles. The number of hydrogen-bond acceptors (Lipinski definition) is 4. The molecule has 0 saturated heterocycles. The van der Waals surface area contributed by atoms with Gasteiger partial charge in [0.25, 0.3) is 5.56 Å². The van der Waals surface area contributed by atoms with Gasteiger partial charge in [-0.25, -0.2) is 9.78 Å². The standard InChI is InChI=1S/C18H21N3O3/c1-5-7-21-16(23)14-11-8-18(3,4)9-13(22)12(11)10-19-15(14)20(6-2)17(21)24/h5,10H,1,6-9H2,2-4H3. The quantitative estimate of drug-likeness (QED) is 0.807. The van der Waals surface area contributed by atoms with E-state index in [9.17, 15) is 14.4 Å². The number of rotatable bonds is 3.